The number of hydrogen-bond acceptors (Lipinski definition) is 2. The number of carbonyl (C=O) groups is 1. The van der Waals surface area contributed by atoms with Crippen molar-refractivity contribution < 1.29 is 14.6 Å². The summed E-state index contributed by atoms with van der Waals surface area (Å²) in [5.41, 5.74) is 0. The van der Waals surface area contributed by atoms with E-state index in [1.54, 1.807) is 0 Å². The number of aliphatic carboxylic acids is 1. The Hall–Kier alpha value is -1.25. The Morgan fingerprint density at radius 1 is 1.14 bits per heavy atom. The Morgan fingerprint density at radius 3 is 2.67 bits per heavy atom. The number of hydrogen-bond donors (Lipinski definition) is 1. The number of carboxylic acid groups (broad SMARTS) is 1. The molecule has 0 aromatic rings. The molecule has 0 aliphatic carbocycles. The lowest BCUT2D eigenvalue weighted by atomic mass is 10.1. The first-order chi connectivity index (χ1) is 10.2. The predicted octanol–water partition coefficient (Wildman–Crippen LogP) is 5.22. The molecule has 1 heterocycles. The summed E-state index contributed by atoms with van der Waals surface area (Å²) in [6, 6.07) is 0. The second-order valence-corrected chi connectivity index (χ2v) is 5.80. The molecule has 1 N–H and O–H groups in total. The Labute approximate surface area is 129 Å². The van der Waals surface area contributed by atoms with E-state index in [0.29, 0.717) is 12.5 Å². The van der Waals surface area contributed by atoms with Crippen molar-refractivity contribution in [2.75, 3.05) is 0 Å². The fourth-order valence-electron chi connectivity index (χ4n) is 2.39. The normalized spacial score (nSPS) is 19.1. The van der Waals surface area contributed by atoms with E-state index >= 15 is 0 Å². The van der Waals surface area contributed by atoms with Gasteiger partial charge in [-0.25, -0.2) is 0 Å². The maximum atomic E-state index is 10.4. The number of epoxide rings is 1. The molecule has 21 heavy (non-hydrogen) atoms. The van der Waals surface area contributed by atoms with Gasteiger partial charge in [-0.05, 0) is 38.2 Å². The third-order valence-corrected chi connectivity index (χ3v) is 3.77. The number of allylic oxidation sites excluding steroid dienone is 3. The van der Waals surface area contributed by atoms with Crippen LogP contribution in [0, 0.1) is 0 Å². The Morgan fingerprint density at radius 2 is 1.90 bits per heavy atom. The summed E-state index contributed by atoms with van der Waals surface area (Å²) in [7, 11) is 0. The van der Waals surface area contributed by atoms with E-state index in [1.165, 1.54) is 38.5 Å². The average Bonchev–Trinajstić information content (AvgIpc) is 3.20. The van der Waals surface area contributed by atoms with Crippen molar-refractivity contribution in [3.63, 3.8) is 0 Å². The van der Waals surface area contributed by atoms with Gasteiger partial charge in [-0.15, -0.1) is 0 Å². The highest BCUT2D eigenvalue weighted by molar-refractivity contribution is 5.66. The van der Waals surface area contributed by atoms with Crippen LogP contribution >= 0.6 is 0 Å². The van der Waals surface area contributed by atoms with Crippen molar-refractivity contribution in [1.82, 2.24) is 0 Å². The molecule has 1 unspecified atom stereocenters. The zero-order valence-corrected chi connectivity index (χ0v) is 13.4. The van der Waals surface area contributed by atoms with Crippen LogP contribution in [-0.2, 0) is 9.53 Å². The number of ether oxygens (including phenoxy) is 1. The van der Waals surface area contributed by atoms with Crippen molar-refractivity contribution in [3.05, 3.63) is 24.0 Å². The minimum Gasteiger partial charge on any atom is -0.483 e. The van der Waals surface area contributed by atoms with Gasteiger partial charge in [0.15, 0.2) is 6.10 Å². The van der Waals surface area contributed by atoms with Gasteiger partial charge in [0.1, 0.15) is 5.76 Å². The molecule has 1 fully saturated rings. The van der Waals surface area contributed by atoms with Crippen LogP contribution in [0.5, 0.6) is 0 Å². The molecule has 3 heteroatoms. The van der Waals surface area contributed by atoms with Crippen LogP contribution in [0.2, 0.25) is 0 Å². The van der Waals surface area contributed by atoms with E-state index in [1.807, 2.05) is 0 Å². The van der Waals surface area contributed by atoms with Crippen molar-refractivity contribution in [3.8, 4) is 0 Å². The molecule has 1 aliphatic rings. The highest BCUT2D eigenvalue weighted by Gasteiger charge is 2.30. The summed E-state index contributed by atoms with van der Waals surface area (Å²) in [5, 5.41) is 8.53. The Balaban J connectivity index is 1.90. The van der Waals surface area contributed by atoms with Crippen molar-refractivity contribution in [1.29, 1.82) is 0 Å². The average molecular weight is 294 g/mol. The van der Waals surface area contributed by atoms with Crippen molar-refractivity contribution in [2.45, 2.75) is 83.7 Å². The molecule has 3 nitrogen and oxygen atoms in total. The fraction of sp³-hybridized carbons (Fsp3) is 0.722. The molecule has 0 radical (unpaired) electrons. The highest BCUT2D eigenvalue weighted by Crippen LogP contribution is 2.31. The van der Waals surface area contributed by atoms with Gasteiger partial charge in [0.2, 0.25) is 0 Å². The lowest BCUT2D eigenvalue weighted by molar-refractivity contribution is -0.137. The first-order valence-electron chi connectivity index (χ1n) is 8.49. The van der Waals surface area contributed by atoms with Gasteiger partial charge < -0.3 is 9.84 Å². The molecule has 0 aromatic carbocycles. The third kappa shape index (κ3) is 10.2. The molecule has 120 valence electrons. The van der Waals surface area contributed by atoms with E-state index < -0.39 is 5.97 Å². The van der Waals surface area contributed by atoms with Gasteiger partial charge in [0, 0.05) is 6.42 Å². The quantitative estimate of drug-likeness (QED) is 0.374. The standard InChI is InChI=1S/C18H30O3/c1-2-3-4-5-7-10-13-16-17(21-16)14-11-8-6-9-12-15-18(19)20/h7,10,13,17H,2-6,8-9,11-12,14-15H2,1H3,(H,19,20)/b10-7+,16-13-. The summed E-state index contributed by atoms with van der Waals surface area (Å²) in [6.45, 7) is 2.22. The summed E-state index contributed by atoms with van der Waals surface area (Å²) in [4.78, 5) is 10.4. The first-order valence-corrected chi connectivity index (χ1v) is 8.49. The SMILES string of the molecule is CCCCC/C=C/C=C1\OC1CCCCCCCC(=O)O. The van der Waals surface area contributed by atoms with Crippen LogP contribution in [0.15, 0.2) is 24.0 Å². The summed E-state index contributed by atoms with van der Waals surface area (Å²) < 4.78 is 5.54. The summed E-state index contributed by atoms with van der Waals surface area (Å²) in [5.74, 6) is 0.450. The van der Waals surface area contributed by atoms with Crippen LogP contribution < -0.4 is 0 Å². The molecule has 0 spiro atoms. The molecule has 0 saturated carbocycles. The third-order valence-electron chi connectivity index (χ3n) is 3.77. The molecular formula is C18H30O3. The van der Waals surface area contributed by atoms with Crippen LogP contribution in [0.1, 0.15) is 77.6 Å². The predicted molar refractivity (Wildman–Crippen MR) is 86.2 cm³/mol. The van der Waals surface area contributed by atoms with E-state index in [9.17, 15) is 4.79 Å². The Kier molecular flexibility index (Phi) is 9.68. The van der Waals surface area contributed by atoms with Crippen molar-refractivity contribution >= 4 is 5.97 Å². The smallest absolute Gasteiger partial charge is 0.303 e. The molecule has 1 rings (SSSR count). The molecule has 1 atom stereocenters. The van der Waals surface area contributed by atoms with Gasteiger partial charge in [-0.2, -0.15) is 0 Å². The van der Waals surface area contributed by atoms with Crippen molar-refractivity contribution in [2.24, 2.45) is 0 Å². The minimum absolute atomic E-state index is 0.309. The number of carboxylic acids is 1. The van der Waals surface area contributed by atoms with Gasteiger partial charge in [0.25, 0.3) is 0 Å². The fourth-order valence-corrected chi connectivity index (χ4v) is 2.39. The topological polar surface area (TPSA) is 49.8 Å². The van der Waals surface area contributed by atoms with E-state index in [0.717, 1.165) is 31.4 Å². The highest BCUT2D eigenvalue weighted by atomic mass is 16.6. The second kappa shape index (κ2) is 11.4. The van der Waals surface area contributed by atoms with Crippen LogP contribution in [-0.4, -0.2) is 17.2 Å². The first kappa shape index (κ1) is 17.8. The molecule has 0 bridgehead atoms. The molecule has 1 saturated heterocycles. The van der Waals surface area contributed by atoms with E-state index in [2.05, 4.69) is 25.2 Å². The monoisotopic (exact) mass is 294 g/mol. The zero-order chi connectivity index (χ0) is 15.3. The summed E-state index contributed by atoms with van der Waals surface area (Å²) in [6.07, 6.45) is 18.6. The number of rotatable bonds is 13. The second-order valence-electron chi connectivity index (χ2n) is 5.80. The van der Waals surface area contributed by atoms with Crippen LogP contribution in [0.4, 0.5) is 0 Å². The lowest BCUT2D eigenvalue weighted by Crippen LogP contribution is -1.93. The van der Waals surface area contributed by atoms with Gasteiger partial charge in [-0.1, -0.05) is 51.2 Å². The Bertz CT molecular complexity index is 344. The molecule has 0 aromatic heterocycles. The maximum absolute atomic E-state index is 10.4. The lowest BCUT2D eigenvalue weighted by Gasteiger charge is -1.98. The molecular weight excluding hydrogens is 264 g/mol. The van der Waals surface area contributed by atoms with E-state index in [4.69, 9.17) is 9.84 Å². The van der Waals surface area contributed by atoms with Crippen LogP contribution in [0.25, 0.3) is 0 Å². The van der Waals surface area contributed by atoms with E-state index in [-0.39, 0.29) is 0 Å². The summed E-state index contributed by atoms with van der Waals surface area (Å²) >= 11 is 0. The van der Waals surface area contributed by atoms with Crippen LogP contribution in [0.3, 0.4) is 0 Å². The molecule has 1 aliphatic heterocycles. The largest absolute Gasteiger partial charge is 0.483 e. The van der Waals surface area contributed by atoms with Gasteiger partial charge in [0.05, 0.1) is 0 Å². The zero-order valence-electron chi connectivity index (χ0n) is 13.4. The minimum atomic E-state index is -0.682. The number of unbranched alkanes of at least 4 members (excludes halogenated alkanes) is 7. The molecule has 0 amide bonds. The maximum Gasteiger partial charge on any atom is 0.303 e. The van der Waals surface area contributed by atoms with Gasteiger partial charge >= 0.3 is 5.97 Å². The van der Waals surface area contributed by atoms with Gasteiger partial charge in [-0.3, -0.25) is 4.79 Å².